The molecule has 1 aliphatic carbocycles. The third-order valence-electron chi connectivity index (χ3n) is 3.72. The summed E-state index contributed by atoms with van der Waals surface area (Å²) in [5, 5.41) is 0. The Kier molecular flexibility index (Phi) is 4.82. The lowest BCUT2D eigenvalue weighted by atomic mass is 9.90. The van der Waals surface area contributed by atoms with Gasteiger partial charge in [0, 0.05) is 6.54 Å². The number of benzene rings is 1. The average molecular weight is 245 g/mol. The second-order valence-corrected chi connectivity index (χ2v) is 5.15. The van der Waals surface area contributed by atoms with Crippen LogP contribution in [0.2, 0.25) is 0 Å². The van der Waals surface area contributed by atoms with Gasteiger partial charge in [0.15, 0.2) is 0 Å². The van der Waals surface area contributed by atoms with E-state index in [0.29, 0.717) is 6.54 Å². The van der Waals surface area contributed by atoms with Crippen LogP contribution in [0, 0.1) is 5.92 Å². The number of rotatable bonds is 5. The highest BCUT2D eigenvalue weighted by atomic mass is 16.5. The van der Waals surface area contributed by atoms with Crippen molar-refractivity contribution in [2.45, 2.75) is 32.1 Å². The molecular weight excluding hydrogens is 222 g/mol. The first-order chi connectivity index (χ1) is 8.79. The molecule has 1 fully saturated rings. The Morgan fingerprint density at radius 3 is 2.44 bits per heavy atom. The normalized spacial score (nSPS) is 16.5. The first-order valence-electron chi connectivity index (χ1n) is 6.90. The summed E-state index contributed by atoms with van der Waals surface area (Å²) < 4.78 is 5.85. The Morgan fingerprint density at radius 1 is 1.17 bits per heavy atom. The van der Waals surface area contributed by atoms with E-state index in [1.807, 2.05) is 24.3 Å². The second-order valence-electron chi connectivity index (χ2n) is 5.15. The highest BCUT2D eigenvalue weighted by Gasteiger charge is 2.13. The fraction of sp³-hybridized carbons (Fsp3) is 0.500. The van der Waals surface area contributed by atoms with Crippen LogP contribution in [0.5, 0.6) is 5.75 Å². The van der Waals surface area contributed by atoms with Crippen molar-refractivity contribution < 1.29 is 4.74 Å². The molecule has 1 aliphatic rings. The second kappa shape index (κ2) is 6.60. The first-order valence-corrected chi connectivity index (χ1v) is 6.90. The maximum absolute atomic E-state index is 5.85. The zero-order chi connectivity index (χ0) is 12.8. The van der Waals surface area contributed by atoms with E-state index in [1.54, 1.807) is 0 Å². The summed E-state index contributed by atoms with van der Waals surface area (Å²) in [5.41, 5.74) is 7.63. The van der Waals surface area contributed by atoms with Crippen molar-refractivity contribution in [1.82, 2.24) is 0 Å². The molecule has 2 rings (SSSR count). The van der Waals surface area contributed by atoms with Gasteiger partial charge in [-0.2, -0.15) is 0 Å². The molecular formula is C16H23NO. The van der Waals surface area contributed by atoms with E-state index >= 15 is 0 Å². The fourth-order valence-electron chi connectivity index (χ4n) is 2.47. The standard InChI is InChI=1S/C16H23NO/c1-13(11-17)15-7-9-16(10-8-15)18-12-14-5-3-2-4-6-14/h7-10,14H,1-6,11-12,17H2. The zero-order valence-corrected chi connectivity index (χ0v) is 11.0. The molecule has 18 heavy (non-hydrogen) atoms. The third kappa shape index (κ3) is 3.61. The van der Waals surface area contributed by atoms with Gasteiger partial charge in [-0.05, 0) is 42.0 Å². The van der Waals surface area contributed by atoms with Crippen LogP contribution in [0.3, 0.4) is 0 Å². The van der Waals surface area contributed by atoms with Gasteiger partial charge < -0.3 is 10.5 Å². The average Bonchev–Trinajstić information content (AvgIpc) is 2.46. The summed E-state index contributed by atoms with van der Waals surface area (Å²) in [4.78, 5) is 0. The number of nitrogens with two attached hydrogens (primary N) is 1. The van der Waals surface area contributed by atoms with Crippen LogP contribution < -0.4 is 10.5 Å². The van der Waals surface area contributed by atoms with Gasteiger partial charge in [0.25, 0.3) is 0 Å². The molecule has 0 radical (unpaired) electrons. The van der Waals surface area contributed by atoms with E-state index in [2.05, 4.69) is 6.58 Å². The lowest BCUT2D eigenvalue weighted by Crippen LogP contribution is -2.15. The van der Waals surface area contributed by atoms with Gasteiger partial charge in [0.2, 0.25) is 0 Å². The van der Waals surface area contributed by atoms with Gasteiger partial charge in [-0.1, -0.05) is 38.0 Å². The highest BCUT2D eigenvalue weighted by molar-refractivity contribution is 5.64. The van der Waals surface area contributed by atoms with Crippen molar-refractivity contribution in [3.63, 3.8) is 0 Å². The smallest absolute Gasteiger partial charge is 0.119 e. The van der Waals surface area contributed by atoms with Crippen molar-refractivity contribution in [2.24, 2.45) is 11.7 Å². The first kappa shape index (κ1) is 13.2. The van der Waals surface area contributed by atoms with E-state index in [1.165, 1.54) is 32.1 Å². The van der Waals surface area contributed by atoms with Crippen LogP contribution in [0.25, 0.3) is 5.57 Å². The highest BCUT2D eigenvalue weighted by Crippen LogP contribution is 2.25. The van der Waals surface area contributed by atoms with E-state index < -0.39 is 0 Å². The van der Waals surface area contributed by atoms with Crippen LogP contribution >= 0.6 is 0 Å². The summed E-state index contributed by atoms with van der Waals surface area (Å²) in [6.45, 7) is 5.29. The Morgan fingerprint density at radius 2 is 1.83 bits per heavy atom. The monoisotopic (exact) mass is 245 g/mol. The fourth-order valence-corrected chi connectivity index (χ4v) is 2.47. The van der Waals surface area contributed by atoms with Crippen molar-refractivity contribution in [3.05, 3.63) is 36.4 Å². The minimum atomic E-state index is 0.502. The molecule has 0 aromatic heterocycles. The van der Waals surface area contributed by atoms with Crippen molar-refractivity contribution >= 4 is 5.57 Å². The van der Waals surface area contributed by atoms with Crippen LogP contribution in [-0.2, 0) is 0 Å². The lowest BCUT2D eigenvalue weighted by molar-refractivity contribution is 0.209. The quantitative estimate of drug-likeness (QED) is 0.860. The van der Waals surface area contributed by atoms with Crippen LogP contribution in [0.15, 0.2) is 30.8 Å². The van der Waals surface area contributed by atoms with Gasteiger partial charge in [0.05, 0.1) is 6.61 Å². The SMILES string of the molecule is C=C(CN)c1ccc(OCC2CCCCC2)cc1. The molecule has 0 amide bonds. The molecule has 0 atom stereocenters. The molecule has 98 valence electrons. The van der Waals surface area contributed by atoms with Gasteiger partial charge in [0.1, 0.15) is 5.75 Å². The zero-order valence-electron chi connectivity index (χ0n) is 11.0. The molecule has 2 heteroatoms. The Hall–Kier alpha value is -1.28. The molecule has 0 unspecified atom stereocenters. The molecule has 0 bridgehead atoms. The topological polar surface area (TPSA) is 35.2 Å². The predicted octanol–water partition coefficient (Wildman–Crippen LogP) is 3.62. The van der Waals surface area contributed by atoms with E-state index in [9.17, 15) is 0 Å². The van der Waals surface area contributed by atoms with Gasteiger partial charge >= 0.3 is 0 Å². The van der Waals surface area contributed by atoms with Crippen molar-refractivity contribution in [3.8, 4) is 5.75 Å². The summed E-state index contributed by atoms with van der Waals surface area (Å²) in [5.74, 6) is 1.70. The molecule has 2 N–H and O–H groups in total. The third-order valence-corrected chi connectivity index (χ3v) is 3.72. The molecule has 1 saturated carbocycles. The van der Waals surface area contributed by atoms with Gasteiger partial charge in [-0.25, -0.2) is 0 Å². The predicted molar refractivity (Wildman–Crippen MR) is 76.6 cm³/mol. The largest absolute Gasteiger partial charge is 0.493 e. The molecule has 0 heterocycles. The van der Waals surface area contributed by atoms with Crippen molar-refractivity contribution in [1.29, 1.82) is 0 Å². The Bertz CT molecular complexity index is 377. The Labute approximate surface area is 110 Å². The number of hydrogen-bond donors (Lipinski definition) is 1. The Balaban J connectivity index is 1.84. The minimum Gasteiger partial charge on any atom is -0.493 e. The van der Waals surface area contributed by atoms with E-state index in [4.69, 9.17) is 10.5 Å². The van der Waals surface area contributed by atoms with Crippen LogP contribution in [-0.4, -0.2) is 13.2 Å². The summed E-state index contributed by atoms with van der Waals surface area (Å²) >= 11 is 0. The lowest BCUT2D eigenvalue weighted by Gasteiger charge is -2.21. The van der Waals surface area contributed by atoms with E-state index in [0.717, 1.165) is 29.4 Å². The molecule has 0 spiro atoms. The number of hydrogen-bond acceptors (Lipinski definition) is 2. The molecule has 1 aromatic carbocycles. The maximum atomic E-state index is 5.85. The van der Waals surface area contributed by atoms with Crippen LogP contribution in [0.4, 0.5) is 0 Å². The summed E-state index contributed by atoms with van der Waals surface area (Å²) in [7, 11) is 0. The maximum Gasteiger partial charge on any atom is 0.119 e. The molecule has 1 aromatic rings. The summed E-state index contributed by atoms with van der Waals surface area (Å²) in [6, 6.07) is 8.09. The van der Waals surface area contributed by atoms with Crippen molar-refractivity contribution in [2.75, 3.05) is 13.2 Å². The summed E-state index contributed by atoms with van der Waals surface area (Å²) in [6.07, 6.45) is 6.77. The molecule has 2 nitrogen and oxygen atoms in total. The molecule has 0 saturated heterocycles. The molecule has 0 aliphatic heterocycles. The van der Waals surface area contributed by atoms with Crippen LogP contribution in [0.1, 0.15) is 37.7 Å². The van der Waals surface area contributed by atoms with E-state index in [-0.39, 0.29) is 0 Å². The number of ether oxygens (including phenoxy) is 1. The minimum absolute atomic E-state index is 0.502. The van der Waals surface area contributed by atoms with Gasteiger partial charge in [-0.15, -0.1) is 0 Å². The van der Waals surface area contributed by atoms with Gasteiger partial charge in [-0.3, -0.25) is 0 Å².